The molecule has 56 heavy (non-hydrogen) atoms. The van der Waals surface area contributed by atoms with Gasteiger partial charge in [0.2, 0.25) is 0 Å². The van der Waals surface area contributed by atoms with Gasteiger partial charge < -0.3 is 10.2 Å². The molecule has 0 amide bonds. The van der Waals surface area contributed by atoms with E-state index in [9.17, 15) is 10.2 Å². The van der Waals surface area contributed by atoms with Crippen LogP contribution in [-0.2, 0) is 49.4 Å². The summed E-state index contributed by atoms with van der Waals surface area (Å²) in [6.45, 7) is 0. The number of hydrogen-bond donors (Lipinski definition) is 2. The van der Waals surface area contributed by atoms with Crippen LogP contribution in [0.3, 0.4) is 0 Å². The average molecular weight is 767 g/mol. The molecule has 8 aromatic carbocycles. The molecule has 0 aliphatic rings. The molecule has 8 aromatic rings. The van der Waals surface area contributed by atoms with Crippen LogP contribution in [0.1, 0.15) is 44.5 Å². The smallest absolute Gasteiger partial charge is 0.0254 e. The number of phenolic OH excluding ortho intramolecular Hbond substituents is 2. The van der Waals surface area contributed by atoms with Gasteiger partial charge in [-0.1, -0.05) is 158 Å². The Bertz CT molecular complexity index is 1950. The van der Waals surface area contributed by atoms with E-state index in [0.29, 0.717) is 11.5 Å². The van der Waals surface area contributed by atoms with Gasteiger partial charge in [0.15, 0.2) is 0 Å². The minimum Gasteiger partial charge on any atom is -0.180 e. The van der Waals surface area contributed by atoms with Crippen molar-refractivity contribution < 1.29 is 33.9 Å². The molecule has 0 aliphatic heterocycles. The van der Waals surface area contributed by atoms with Crippen molar-refractivity contribution in [3.8, 4) is 11.5 Å². The van der Waals surface area contributed by atoms with Gasteiger partial charge >= 0.3 is 23.7 Å². The number of phenols is 2. The van der Waals surface area contributed by atoms with Crippen LogP contribution in [0.25, 0.3) is 0 Å². The fourth-order valence-corrected chi connectivity index (χ4v) is 5.66. The van der Waals surface area contributed by atoms with E-state index in [2.05, 4.69) is 109 Å². The van der Waals surface area contributed by atoms with Crippen molar-refractivity contribution in [1.82, 2.24) is 0 Å². The maximum Gasteiger partial charge on any atom is -0.0254 e. The molecule has 0 aliphatic carbocycles. The molecular weight excluding hydrogens is 720 g/mol. The maximum atomic E-state index is 9.57. The molecule has 0 saturated heterocycles. The Morgan fingerprint density at radius 1 is 0.321 bits per heavy atom. The molecule has 0 fully saturated rings. The van der Waals surface area contributed by atoms with Crippen LogP contribution >= 0.6 is 0 Å². The van der Waals surface area contributed by atoms with Crippen LogP contribution in [0, 0.1) is 12.1 Å². The molecule has 0 aromatic heterocycles. The summed E-state index contributed by atoms with van der Waals surface area (Å²) < 4.78 is 8.25. The maximum absolute atomic E-state index is 9.57. The van der Waals surface area contributed by atoms with Crippen LogP contribution < -0.4 is 0 Å². The first-order chi connectivity index (χ1) is 27.6. The quantitative estimate of drug-likeness (QED) is 0.120. The van der Waals surface area contributed by atoms with Crippen molar-refractivity contribution in [2.45, 2.75) is 25.7 Å². The largest absolute Gasteiger partial charge is 0.180 e. The zero-order chi connectivity index (χ0) is 39.5. The van der Waals surface area contributed by atoms with Crippen molar-refractivity contribution in [1.29, 1.82) is 0 Å². The van der Waals surface area contributed by atoms with Gasteiger partial charge in [0.25, 0.3) is 0 Å². The molecule has 0 spiro atoms. The first-order valence-electron chi connectivity index (χ1n) is 18.4. The van der Waals surface area contributed by atoms with E-state index >= 15 is 0 Å². The second kappa shape index (κ2) is 25.8. The average Bonchev–Trinajstić information content (AvgIpc) is 3.26. The second-order valence-corrected chi connectivity index (χ2v) is 12.7. The normalized spacial score (nSPS) is 9.68. The fourth-order valence-electron chi connectivity index (χ4n) is 5.66. The molecule has 2 N–H and O–H groups in total. The molecule has 0 unspecified atom stereocenters. The summed E-state index contributed by atoms with van der Waals surface area (Å²) in [6, 6.07) is 78.7. The minimum atomic E-state index is 0.372. The Labute approximate surface area is 344 Å². The number of benzene rings is 8. The zero-order valence-corrected chi connectivity index (χ0v) is 33.0. The second-order valence-electron chi connectivity index (χ2n) is 12.7. The Morgan fingerprint density at radius 3 is 0.875 bits per heavy atom. The topological polar surface area (TPSA) is 57.5 Å². The first-order valence-corrected chi connectivity index (χ1v) is 19.1. The number of para-hydroxylation sites is 2. The molecule has 3 nitrogen and oxygen atoms in total. The molecule has 0 bridgehead atoms. The van der Waals surface area contributed by atoms with E-state index in [-0.39, 0.29) is 0 Å². The van der Waals surface area contributed by atoms with Crippen LogP contribution in [0.2, 0.25) is 0 Å². The van der Waals surface area contributed by atoms with Gasteiger partial charge in [-0.15, -0.1) is 0 Å². The molecular formula is C52H46O3Ti. The van der Waals surface area contributed by atoms with Gasteiger partial charge in [0, 0.05) is 12.8 Å². The Hall–Kier alpha value is -6.13. The molecule has 8 rings (SSSR count). The molecule has 4 heteroatoms. The Morgan fingerprint density at radius 2 is 0.589 bits per heavy atom. The van der Waals surface area contributed by atoms with Crippen LogP contribution in [0.15, 0.2) is 218 Å². The van der Waals surface area contributed by atoms with Gasteiger partial charge in [0.05, 0.1) is 0 Å². The third-order valence-electron chi connectivity index (χ3n) is 8.48. The predicted molar refractivity (Wildman–Crippen MR) is 224 cm³/mol. The van der Waals surface area contributed by atoms with Crippen molar-refractivity contribution >= 4 is 0 Å². The molecule has 0 heterocycles. The summed E-state index contributed by atoms with van der Waals surface area (Å²) >= 11 is 0.750. The summed E-state index contributed by atoms with van der Waals surface area (Å²) in [5.41, 5.74) is 9.54. The van der Waals surface area contributed by atoms with Gasteiger partial charge in [-0.2, -0.15) is 71.8 Å². The van der Waals surface area contributed by atoms with E-state index in [0.717, 1.165) is 57.2 Å². The summed E-state index contributed by atoms with van der Waals surface area (Å²) in [4.78, 5) is 0. The summed E-state index contributed by atoms with van der Waals surface area (Å²) in [5.74, 6) is 0.743. The third-order valence-corrected chi connectivity index (χ3v) is 8.48. The van der Waals surface area contributed by atoms with E-state index < -0.39 is 0 Å². The standard InChI is InChI=1S/2C13H12O.2C13H11.O.Ti/c2*14-13-9-5-4-8-12(13)10-11-6-2-1-3-7-11;2*1-3-7-12(8-4-1)11-13-9-5-2-6-10-13;;/h2*1-9,14H,10H2;2*1-9H,11H2;;/q;;2*-1;;+2. The van der Waals surface area contributed by atoms with Gasteiger partial charge in [-0.25, -0.2) is 0 Å². The fraction of sp³-hybridized carbons (Fsp3) is 0.0769. The molecule has 0 radical (unpaired) electrons. The summed E-state index contributed by atoms with van der Waals surface area (Å²) in [7, 11) is 0. The molecule has 0 atom stereocenters. The van der Waals surface area contributed by atoms with Crippen LogP contribution in [0.5, 0.6) is 11.5 Å². The van der Waals surface area contributed by atoms with Crippen LogP contribution in [0.4, 0.5) is 0 Å². The Kier molecular flexibility index (Phi) is 19.6. The number of aromatic hydroxyl groups is 2. The molecule has 0 saturated carbocycles. The van der Waals surface area contributed by atoms with Gasteiger partial charge in [0.1, 0.15) is 11.5 Å². The monoisotopic (exact) mass is 766 g/mol. The minimum absolute atomic E-state index is 0.372. The Balaban J connectivity index is 0.000000163. The van der Waals surface area contributed by atoms with E-state index in [4.69, 9.17) is 3.32 Å². The first kappa shape index (κ1) is 42.6. The zero-order valence-electron chi connectivity index (χ0n) is 31.4. The van der Waals surface area contributed by atoms with Crippen molar-refractivity contribution in [3.05, 3.63) is 275 Å². The molecule has 276 valence electrons. The van der Waals surface area contributed by atoms with E-state index in [1.54, 1.807) is 12.1 Å². The van der Waals surface area contributed by atoms with E-state index in [1.807, 2.05) is 109 Å². The summed E-state index contributed by atoms with van der Waals surface area (Å²) in [5, 5.41) is 19.1. The van der Waals surface area contributed by atoms with Crippen molar-refractivity contribution in [2.24, 2.45) is 0 Å². The predicted octanol–water partition coefficient (Wildman–Crippen LogP) is 12.0. The van der Waals surface area contributed by atoms with Gasteiger partial charge in [-0.05, 0) is 58.4 Å². The number of hydrogen-bond acceptors (Lipinski definition) is 3. The van der Waals surface area contributed by atoms with Crippen molar-refractivity contribution in [2.75, 3.05) is 0 Å². The van der Waals surface area contributed by atoms with E-state index in [1.165, 1.54) is 33.4 Å². The van der Waals surface area contributed by atoms with Crippen LogP contribution in [-0.4, -0.2) is 10.2 Å². The number of rotatable bonds is 8. The SMILES string of the molecule is Oc1ccccc1Cc1ccccc1.Oc1ccccc1Cc1ccccc1.[O]=[Ti+2].[c-]1ccccc1Cc1ccccc1.[c-]1ccccc1Cc1ccccc1. The third kappa shape index (κ3) is 16.5. The van der Waals surface area contributed by atoms with Crippen molar-refractivity contribution in [3.63, 3.8) is 0 Å². The van der Waals surface area contributed by atoms with Gasteiger partial charge in [-0.3, -0.25) is 0 Å². The summed E-state index contributed by atoms with van der Waals surface area (Å²) in [6.07, 6.45) is 3.52.